The summed E-state index contributed by atoms with van der Waals surface area (Å²) in [6.45, 7) is -0.507. The zero-order valence-corrected chi connectivity index (χ0v) is 8.66. The SMILES string of the molecule is OCc1c(OC(F)(F)F)ccc2ccccc12. The maximum absolute atomic E-state index is 12.2. The maximum atomic E-state index is 12.2. The highest BCUT2D eigenvalue weighted by molar-refractivity contribution is 5.87. The van der Waals surface area contributed by atoms with Crippen LogP contribution in [0.15, 0.2) is 36.4 Å². The van der Waals surface area contributed by atoms with Crippen LogP contribution in [0.4, 0.5) is 13.2 Å². The van der Waals surface area contributed by atoms with Gasteiger partial charge in [-0.15, -0.1) is 13.2 Å². The standard InChI is InChI=1S/C12H9F3O2/c13-12(14,15)17-11-6-5-8-3-1-2-4-9(8)10(11)7-16/h1-6,16H,7H2. The molecule has 0 aliphatic carbocycles. The molecule has 0 aromatic heterocycles. The van der Waals surface area contributed by atoms with Crippen LogP contribution in [0.5, 0.6) is 5.75 Å². The smallest absolute Gasteiger partial charge is 0.405 e. The van der Waals surface area contributed by atoms with Crippen molar-refractivity contribution in [3.8, 4) is 5.75 Å². The first kappa shape index (κ1) is 11.7. The van der Waals surface area contributed by atoms with Gasteiger partial charge in [-0.2, -0.15) is 0 Å². The molecule has 2 nitrogen and oxygen atoms in total. The Balaban J connectivity index is 2.57. The Morgan fingerprint density at radius 3 is 2.41 bits per heavy atom. The Hall–Kier alpha value is -1.75. The van der Waals surface area contributed by atoms with Gasteiger partial charge in [-0.3, -0.25) is 0 Å². The number of hydrogen-bond donors (Lipinski definition) is 1. The molecule has 0 fully saturated rings. The van der Waals surface area contributed by atoms with E-state index in [1.807, 2.05) is 0 Å². The predicted octanol–water partition coefficient (Wildman–Crippen LogP) is 3.23. The molecule has 5 heteroatoms. The van der Waals surface area contributed by atoms with Crippen LogP contribution in [0, 0.1) is 0 Å². The fraction of sp³-hybridized carbons (Fsp3) is 0.167. The van der Waals surface area contributed by atoms with E-state index >= 15 is 0 Å². The lowest BCUT2D eigenvalue weighted by Gasteiger charge is -2.14. The van der Waals surface area contributed by atoms with Gasteiger partial charge in [0.2, 0.25) is 0 Å². The number of aliphatic hydroxyl groups excluding tert-OH is 1. The molecule has 17 heavy (non-hydrogen) atoms. The fourth-order valence-electron chi connectivity index (χ4n) is 1.70. The van der Waals surface area contributed by atoms with Crippen LogP contribution in [0.3, 0.4) is 0 Å². The lowest BCUT2D eigenvalue weighted by atomic mass is 10.0. The highest BCUT2D eigenvalue weighted by Crippen LogP contribution is 2.31. The summed E-state index contributed by atoms with van der Waals surface area (Å²) < 4.78 is 40.3. The number of hydrogen-bond acceptors (Lipinski definition) is 2. The van der Waals surface area contributed by atoms with Crippen LogP contribution in [0.25, 0.3) is 10.8 Å². The van der Waals surface area contributed by atoms with Crippen molar-refractivity contribution >= 4 is 10.8 Å². The van der Waals surface area contributed by atoms with Gasteiger partial charge in [-0.1, -0.05) is 30.3 Å². The molecule has 0 heterocycles. The summed E-state index contributed by atoms with van der Waals surface area (Å²) in [6.07, 6.45) is -4.76. The van der Waals surface area contributed by atoms with Gasteiger partial charge in [0.05, 0.1) is 6.61 Å². The van der Waals surface area contributed by atoms with Crippen LogP contribution < -0.4 is 4.74 Å². The summed E-state index contributed by atoms with van der Waals surface area (Å²) in [5.74, 6) is -0.362. The second kappa shape index (κ2) is 4.25. The Bertz CT molecular complexity index is 535. The molecule has 0 saturated heterocycles. The van der Waals surface area contributed by atoms with E-state index < -0.39 is 13.0 Å². The summed E-state index contributed by atoms with van der Waals surface area (Å²) in [5.41, 5.74) is 0.139. The second-order valence-electron chi connectivity index (χ2n) is 3.47. The molecule has 2 aromatic carbocycles. The quantitative estimate of drug-likeness (QED) is 0.876. The Morgan fingerprint density at radius 1 is 1.06 bits per heavy atom. The first-order valence-corrected chi connectivity index (χ1v) is 4.88. The predicted molar refractivity (Wildman–Crippen MR) is 56.6 cm³/mol. The van der Waals surface area contributed by atoms with Gasteiger partial charge in [0, 0.05) is 5.56 Å². The fourth-order valence-corrected chi connectivity index (χ4v) is 1.70. The Labute approximate surface area is 95.2 Å². The Kier molecular flexibility index (Phi) is 2.93. The molecule has 0 spiro atoms. The van der Waals surface area contributed by atoms with Gasteiger partial charge < -0.3 is 9.84 Å². The second-order valence-corrected chi connectivity index (χ2v) is 3.47. The first-order chi connectivity index (χ1) is 8.01. The third kappa shape index (κ3) is 2.50. The number of ether oxygens (including phenoxy) is 1. The van der Waals surface area contributed by atoms with Gasteiger partial charge in [-0.05, 0) is 16.8 Å². The third-order valence-electron chi connectivity index (χ3n) is 2.38. The van der Waals surface area contributed by atoms with Crippen LogP contribution in [-0.4, -0.2) is 11.5 Å². The summed E-state index contributed by atoms with van der Waals surface area (Å²) in [7, 11) is 0. The minimum absolute atomic E-state index is 0.139. The molecule has 0 amide bonds. The van der Waals surface area contributed by atoms with E-state index in [9.17, 15) is 13.2 Å². The van der Waals surface area contributed by atoms with Gasteiger partial charge in [0.15, 0.2) is 0 Å². The number of rotatable bonds is 2. The summed E-state index contributed by atoms with van der Waals surface area (Å²) in [4.78, 5) is 0. The molecule has 2 aromatic rings. The minimum atomic E-state index is -4.76. The highest BCUT2D eigenvalue weighted by atomic mass is 19.4. The summed E-state index contributed by atoms with van der Waals surface area (Å²) in [5, 5.41) is 10.5. The number of halogens is 3. The molecular weight excluding hydrogens is 233 g/mol. The van der Waals surface area contributed by atoms with Gasteiger partial charge in [0.1, 0.15) is 5.75 Å². The van der Waals surface area contributed by atoms with Crippen LogP contribution in [0.2, 0.25) is 0 Å². The van der Waals surface area contributed by atoms with E-state index in [0.717, 1.165) is 5.39 Å². The molecular formula is C12H9F3O2. The molecule has 0 saturated carbocycles. The molecule has 2 rings (SSSR count). The monoisotopic (exact) mass is 242 g/mol. The zero-order chi connectivity index (χ0) is 12.5. The summed E-state index contributed by atoms with van der Waals surface area (Å²) >= 11 is 0. The molecule has 0 radical (unpaired) electrons. The van der Waals surface area contributed by atoms with Crippen molar-refractivity contribution in [2.45, 2.75) is 13.0 Å². The normalized spacial score (nSPS) is 11.8. The van der Waals surface area contributed by atoms with E-state index in [0.29, 0.717) is 5.39 Å². The third-order valence-corrected chi connectivity index (χ3v) is 2.38. The molecule has 0 atom stereocenters. The zero-order valence-electron chi connectivity index (χ0n) is 8.66. The van der Waals surface area contributed by atoms with E-state index in [2.05, 4.69) is 4.74 Å². The topological polar surface area (TPSA) is 29.5 Å². The van der Waals surface area contributed by atoms with Crippen LogP contribution in [-0.2, 0) is 6.61 Å². The Morgan fingerprint density at radius 2 is 1.76 bits per heavy atom. The number of aliphatic hydroxyl groups is 1. The van der Waals surface area contributed by atoms with Crippen molar-refractivity contribution < 1.29 is 23.0 Å². The van der Waals surface area contributed by atoms with Crippen LogP contribution in [0.1, 0.15) is 5.56 Å². The van der Waals surface area contributed by atoms with Crippen molar-refractivity contribution in [3.63, 3.8) is 0 Å². The van der Waals surface area contributed by atoms with E-state index in [1.165, 1.54) is 12.1 Å². The van der Waals surface area contributed by atoms with Gasteiger partial charge in [0.25, 0.3) is 0 Å². The molecule has 0 bridgehead atoms. The molecule has 90 valence electrons. The lowest BCUT2D eigenvalue weighted by Crippen LogP contribution is -2.18. The number of benzene rings is 2. The lowest BCUT2D eigenvalue weighted by molar-refractivity contribution is -0.275. The number of alkyl halides is 3. The average Bonchev–Trinajstić information content (AvgIpc) is 2.27. The van der Waals surface area contributed by atoms with Crippen molar-refractivity contribution in [3.05, 3.63) is 42.0 Å². The van der Waals surface area contributed by atoms with Crippen molar-refractivity contribution in [2.24, 2.45) is 0 Å². The van der Waals surface area contributed by atoms with E-state index in [1.54, 1.807) is 24.3 Å². The van der Waals surface area contributed by atoms with Crippen molar-refractivity contribution in [2.75, 3.05) is 0 Å². The molecule has 0 aliphatic heterocycles. The highest BCUT2D eigenvalue weighted by Gasteiger charge is 2.32. The number of fused-ring (bicyclic) bond motifs is 1. The average molecular weight is 242 g/mol. The van der Waals surface area contributed by atoms with Crippen LogP contribution >= 0.6 is 0 Å². The van der Waals surface area contributed by atoms with Crippen molar-refractivity contribution in [1.82, 2.24) is 0 Å². The molecule has 0 aliphatic rings. The maximum Gasteiger partial charge on any atom is 0.573 e. The van der Waals surface area contributed by atoms with E-state index in [4.69, 9.17) is 5.11 Å². The molecule has 1 N–H and O–H groups in total. The van der Waals surface area contributed by atoms with Crippen molar-refractivity contribution in [1.29, 1.82) is 0 Å². The summed E-state index contributed by atoms with van der Waals surface area (Å²) in [6, 6.07) is 9.60. The van der Waals surface area contributed by atoms with Gasteiger partial charge in [-0.25, -0.2) is 0 Å². The first-order valence-electron chi connectivity index (χ1n) is 4.88. The van der Waals surface area contributed by atoms with E-state index in [-0.39, 0.29) is 11.3 Å². The van der Waals surface area contributed by atoms with Gasteiger partial charge >= 0.3 is 6.36 Å². The largest absolute Gasteiger partial charge is 0.573 e. The minimum Gasteiger partial charge on any atom is -0.405 e. The molecule has 0 unspecified atom stereocenters.